The van der Waals surface area contributed by atoms with Gasteiger partial charge in [-0.15, -0.1) is 0 Å². The topological polar surface area (TPSA) is 46.1 Å². The maximum absolute atomic E-state index is 12.4. The summed E-state index contributed by atoms with van der Waals surface area (Å²) in [6.45, 7) is 1.45. The van der Waals surface area contributed by atoms with Crippen molar-refractivity contribution < 1.29 is 4.79 Å². The molecule has 0 unspecified atom stereocenters. The third-order valence-electron chi connectivity index (χ3n) is 3.12. The van der Waals surface area contributed by atoms with Crippen LogP contribution in [0.4, 0.5) is 0 Å². The van der Waals surface area contributed by atoms with Crippen LogP contribution in [0.2, 0.25) is 0 Å². The SMILES string of the molecule is O=C(c1cnnc2ccccc12)N1CC=CCC1. The van der Waals surface area contributed by atoms with Crippen LogP contribution in [0.3, 0.4) is 0 Å². The molecule has 1 amide bonds. The number of benzene rings is 1. The third kappa shape index (κ3) is 1.86. The van der Waals surface area contributed by atoms with Gasteiger partial charge < -0.3 is 4.90 Å². The highest BCUT2D eigenvalue weighted by Gasteiger charge is 2.18. The summed E-state index contributed by atoms with van der Waals surface area (Å²) in [5, 5.41) is 8.82. The van der Waals surface area contributed by atoms with Gasteiger partial charge in [0, 0.05) is 18.5 Å². The summed E-state index contributed by atoms with van der Waals surface area (Å²) in [7, 11) is 0. The average Bonchev–Trinajstić information content (AvgIpc) is 2.47. The zero-order valence-electron chi connectivity index (χ0n) is 9.91. The van der Waals surface area contributed by atoms with Crippen LogP contribution in [0, 0.1) is 0 Å². The molecule has 0 saturated carbocycles. The highest BCUT2D eigenvalue weighted by atomic mass is 16.2. The number of hydrogen-bond donors (Lipinski definition) is 0. The molecule has 0 N–H and O–H groups in total. The van der Waals surface area contributed by atoms with Gasteiger partial charge in [0.2, 0.25) is 0 Å². The summed E-state index contributed by atoms with van der Waals surface area (Å²) in [5.41, 5.74) is 1.40. The number of amides is 1. The Bertz CT molecular complexity index is 616. The largest absolute Gasteiger partial charge is 0.335 e. The van der Waals surface area contributed by atoms with E-state index in [0.29, 0.717) is 12.1 Å². The van der Waals surface area contributed by atoms with Gasteiger partial charge in [-0.25, -0.2) is 0 Å². The monoisotopic (exact) mass is 239 g/mol. The van der Waals surface area contributed by atoms with Gasteiger partial charge in [-0.3, -0.25) is 4.79 Å². The normalized spacial score (nSPS) is 15.0. The molecule has 4 heteroatoms. The molecule has 1 aromatic carbocycles. The first-order chi connectivity index (χ1) is 8.86. The van der Waals surface area contributed by atoms with E-state index in [1.54, 1.807) is 6.20 Å². The second kappa shape index (κ2) is 4.56. The number of carbonyl (C=O) groups excluding carboxylic acids is 1. The number of fused-ring (bicyclic) bond motifs is 1. The van der Waals surface area contributed by atoms with E-state index in [4.69, 9.17) is 0 Å². The summed E-state index contributed by atoms with van der Waals surface area (Å²) in [6, 6.07) is 7.60. The van der Waals surface area contributed by atoms with E-state index in [0.717, 1.165) is 23.9 Å². The Kier molecular flexibility index (Phi) is 2.76. The number of aromatic nitrogens is 2. The van der Waals surface area contributed by atoms with Gasteiger partial charge in [-0.2, -0.15) is 10.2 Å². The molecule has 0 spiro atoms. The van der Waals surface area contributed by atoms with E-state index in [9.17, 15) is 4.79 Å². The Morgan fingerprint density at radius 3 is 2.94 bits per heavy atom. The fraction of sp³-hybridized carbons (Fsp3) is 0.214. The Balaban J connectivity index is 2.03. The van der Waals surface area contributed by atoms with Crippen LogP contribution in [-0.4, -0.2) is 34.1 Å². The molecule has 0 bridgehead atoms. The molecule has 1 aliphatic heterocycles. The summed E-state index contributed by atoms with van der Waals surface area (Å²) in [4.78, 5) is 14.3. The van der Waals surface area contributed by atoms with Crippen molar-refractivity contribution in [1.29, 1.82) is 0 Å². The molecule has 0 saturated heterocycles. The minimum atomic E-state index is 0.0328. The first kappa shape index (κ1) is 10.9. The average molecular weight is 239 g/mol. The van der Waals surface area contributed by atoms with Crippen molar-refractivity contribution in [3.63, 3.8) is 0 Å². The van der Waals surface area contributed by atoms with Crippen LogP contribution in [0.15, 0.2) is 42.6 Å². The lowest BCUT2D eigenvalue weighted by Gasteiger charge is -2.23. The molecule has 0 fully saturated rings. The molecule has 0 aliphatic carbocycles. The minimum absolute atomic E-state index is 0.0328. The lowest BCUT2D eigenvalue weighted by Crippen LogP contribution is -2.34. The summed E-state index contributed by atoms with van der Waals surface area (Å²) < 4.78 is 0. The minimum Gasteiger partial charge on any atom is -0.335 e. The number of nitrogens with zero attached hydrogens (tertiary/aromatic N) is 3. The van der Waals surface area contributed by atoms with Crippen molar-refractivity contribution in [3.05, 3.63) is 48.2 Å². The van der Waals surface area contributed by atoms with E-state index < -0.39 is 0 Å². The zero-order chi connectivity index (χ0) is 12.4. The van der Waals surface area contributed by atoms with Crippen LogP contribution in [-0.2, 0) is 0 Å². The molecule has 1 aliphatic rings. The van der Waals surface area contributed by atoms with Crippen molar-refractivity contribution in [2.24, 2.45) is 0 Å². The first-order valence-corrected chi connectivity index (χ1v) is 6.01. The molecule has 2 heterocycles. The number of hydrogen-bond acceptors (Lipinski definition) is 3. The predicted octanol–water partition coefficient (Wildman–Crippen LogP) is 2.03. The van der Waals surface area contributed by atoms with Crippen molar-refractivity contribution in [2.75, 3.05) is 13.1 Å². The van der Waals surface area contributed by atoms with E-state index in [-0.39, 0.29) is 5.91 Å². The molecular weight excluding hydrogens is 226 g/mol. The lowest BCUT2D eigenvalue weighted by molar-refractivity contribution is 0.0772. The molecule has 2 aromatic rings. The highest BCUT2D eigenvalue weighted by molar-refractivity contribution is 6.05. The van der Waals surface area contributed by atoms with Gasteiger partial charge in [0.25, 0.3) is 5.91 Å². The Morgan fingerprint density at radius 2 is 2.11 bits per heavy atom. The van der Waals surface area contributed by atoms with Gasteiger partial charge >= 0.3 is 0 Å². The van der Waals surface area contributed by atoms with Crippen LogP contribution in [0.5, 0.6) is 0 Å². The van der Waals surface area contributed by atoms with Crippen molar-refractivity contribution in [3.8, 4) is 0 Å². The van der Waals surface area contributed by atoms with E-state index in [1.165, 1.54) is 0 Å². The third-order valence-corrected chi connectivity index (χ3v) is 3.12. The Hall–Kier alpha value is -2.23. The predicted molar refractivity (Wildman–Crippen MR) is 69.2 cm³/mol. The molecule has 4 nitrogen and oxygen atoms in total. The van der Waals surface area contributed by atoms with Gasteiger partial charge in [0.15, 0.2) is 0 Å². The van der Waals surface area contributed by atoms with Crippen molar-refractivity contribution in [2.45, 2.75) is 6.42 Å². The smallest absolute Gasteiger partial charge is 0.256 e. The number of rotatable bonds is 1. The molecule has 18 heavy (non-hydrogen) atoms. The molecule has 3 rings (SSSR count). The maximum Gasteiger partial charge on any atom is 0.256 e. The van der Waals surface area contributed by atoms with Crippen LogP contribution >= 0.6 is 0 Å². The van der Waals surface area contributed by atoms with Crippen molar-refractivity contribution in [1.82, 2.24) is 15.1 Å². The first-order valence-electron chi connectivity index (χ1n) is 6.01. The van der Waals surface area contributed by atoms with Crippen LogP contribution < -0.4 is 0 Å². The standard InChI is InChI=1S/C14H13N3O/c18-14(17-8-4-1-5-9-17)12-10-15-16-13-7-3-2-6-11(12)13/h1-4,6-7,10H,5,8-9H2. The van der Waals surface area contributed by atoms with Gasteiger partial charge in [0.1, 0.15) is 0 Å². The molecule has 0 radical (unpaired) electrons. The van der Waals surface area contributed by atoms with Crippen molar-refractivity contribution >= 4 is 16.8 Å². The summed E-state index contributed by atoms with van der Waals surface area (Å²) in [5.74, 6) is 0.0328. The van der Waals surface area contributed by atoms with Gasteiger partial charge in [-0.05, 0) is 12.5 Å². The highest BCUT2D eigenvalue weighted by Crippen LogP contribution is 2.17. The van der Waals surface area contributed by atoms with Crippen LogP contribution in [0.1, 0.15) is 16.8 Å². The quantitative estimate of drug-likeness (QED) is 0.715. The second-order valence-corrected chi connectivity index (χ2v) is 4.29. The van der Waals surface area contributed by atoms with E-state index in [1.807, 2.05) is 35.2 Å². The Morgan fingerprint density at radius 1 is 1.22 bits per heavy atom. The number of carbonyl (C=O) groups is 1. The molecular formula is C14H13N3O. The van der Waals surface area contributed by atoms with Gasteiger partial charge in [0.05, 0.1) is 17.3 Å². The second-order valence-electron chi connectivity index (χ2n) is 4.29. The van der Waals surface area contributed by atoms with Gasteiger partial charge in [-0.1, -0.05) is 30.4 Å². The Labute approximate surface area is 105 Å². The molecule has 1 aromatic heterocycles. The van der Waals surface area contributed by atoms with E-state index >= 15 is 0 Å². The lowest BCUT2D eigenvalue weighted by atomic mass is 10.1. The zero-order valence-corrected chi connectivity index (χ0v) is 9.91. The summed E-state index contributed by atoms with van der Waals surface area (Å²) in [6.07, 6.45) is 6.61. The van der Waals surface area contributed by atoms with E-state index in [2.05, 4.69) is 16.3 Å². The summed E-state index contributed by atoms with van der Waals surface area (Å²) >= 11 is 0. The fourth-order valence-electron chi connectivity index (χ4n) is 2.17. The molecule has 0 atom stereocenters. The molecule has 90 valence electrons. The fourth-order valence-corrected chi connectivity index (χ4v) is 2.17. The maximum atomic E-state index is 12.4. The van der Waals surface area contributed by atoms with Crippen LogP contribution in [0.25, 0.3) is 10.9 Å².